The zero-order valence-corrected chi connectivity index (χ0v) is 15.5. The van der Waals surface area contributed by atoms with Crippen LogP contribution in [0.2, 0.25) is 0 Å². The topological polar surface area (TPSA) is 96.6 Å². The summed E-state index contributed by atoms with van der Waals surface area (Å²) in [6.07, 6.45) is 7.81. The van der Waals surface area contributed by atoms with Gasteiger partial charge in [-0.3, -0.25) is 19.4 Å². The number of hydrogen-bond donors (Lipinski definition) is 1. The third-order valence-electron chi connectivity index (χ3n) is 6.45. The average molecular weight is 370 g/mol. The molecule has 1 aromatic rings. The summed E-state index contributed by atoms with van der Waals surface area (Å²) < 4.78 is 0. The molecule has 3 heterocycles. The molecule has 1 saturated carbocycles. The van der Waals surface area contributed by atoms with Crippen LogP contribution >= 0.6 is 0 Å². The molecule has 4 rings (SSSR count). The van der Waals surface area contributed by atoms with Crippen molar-refractivity contribution in [3.05, 3.63) is 30.1 Å². The van der Waals surface area contributed by atoms with Crippen molar-refractivity contribution in [3.63, 3.8) is 0 Å². The van der Waals surface area contributed by atoms with Crippen molar-refractivity contribution in [2.75, 3.05) is 19.6 Å². The third kappa shape index (κ3) is 3.31. The van der Waals surface area contributed by atoms with Crippen molar-refractivity contribution in [2.24, 2.45) is 16.6 Å². The molecule has 7 heteroatoms. The number of likely N-dealkylation sites (tertiary alicyclic amines) is 2. The number of carbonyl (C=O) groups is 3. The van der Waals surface area contributed by atoms with Gasteiger partial charge in [-0.1, -0.05) is 0 Å². The van der Waals surface area contributed by atoms with E-state index in [0.29, 0.717) is 45.4 Å². The second kappa shape index (κ2) is 6.62. The number of carbonyl (C=O) groups excluding carboxylic acids is 3. The van der Waals surface area contributed by atoms with Crippen LogP contribution in [-0.4, -0.2) is 52.1 Å². The molecule has 2 aliphatic heterocycles. The Bertz CT molecular complexity index is 762. The summed E-state index contributed by atoms with van der Waals surface area (Å²) in [6, 6.07) is 3.85. The van der Waals surface area contributed by atoms with Crippen LogP contribution in [0.4, 0.5) is 0 Å². The van der Waals surface area contributed by atoms with Gasteiger partial charge >= 0.3 is 0 Å². The molecule has 1 aliphatic carbocycles. The molecule has 0 unspecified atom stereocenters. The van der Waals surface area contributed by atoms with Crippen molar-refractivity contribution in [2.45, 2.75) is 45.1 Å². The Labute approximate surface area is 158 Å². The monoisotopic (exact) mass is 370 g/mol. The summed E-state index contributed by atoms with van der Waals surface area (Å²) in [5.74, 6) is -0.436. The molecule has 0 radical (unpaired) electrons. The number of amides is 3. The molecule has 1 spiro atoms. The summed E-state index contributed by atoms with van der Waals surface area (Å²) >= 11 is 0. The van der Waals surface area contributed by atoms with Crippen LogP contribution in [0.15, 0.2) is 24.5 Å². The lowest BCUT2D eigenvalue weighted by Crippen LogP contribution is -2.56. The van der Waals surface area contributed by atoms with E-state index in [1.165, 1.54) is 0 Å². The van der Waals surface area contributed by atoms with Gasteiger partial charge in [0.05, 0.1) is 0 Å². The number of pyridine rings is 1. The Morgan fingerprint density at radius 1 is 1.11 bits per heavy atom. The minimum atomic E-state index is -0.959. The number of piperidine rings is 2. The van der Waals surface area contributed by atoms with Crippen LogP contribution in [0.3, 0.4) is 0 Å². The van der Waals surface area contributed by atoms with Crippen LogP contribution in [0.5, 0.6) is 0 Å². The van der Waals surface area contributed by atoms with E-state index >= 15 is 0 Å². The van der Waals surface area contributed by atoms with Gasteiger partial charge in [0.1, 0.15) is 5.41 Å². The number of nitrogens with zero attached hydrogens (tertiary/aromatic N) is 3. The molecule has 3 aliphatic rings. The second-order valence-electron chi connectivity index (χ2n) is 8.38. The maximum Gasteiger partial charge on any atom is 0.238 e. The maximum absolute atomic E-state index is 12.9. The molecule has 1 atom stereocenters. The van der Waals surface area contributed by atoms with E-state index < -0.39 is 11.3 Å². The van der Waals surface area contributed by atoms with Crippen molar-refractivity contribution in [1.29, 1.82) is 0 Å². The summed E-state index contributed by atoms with van der Waals surface area (Å²) in [4.78, 5) is 44.9. The van der Waals surface area contributed by atoms with E-state index in [2.05, 4.69) is 4.98 Å². The summed E-state index contributed by atoms with van der Waals surface area (Å²) in [6.45, 7) is 2.51. The lowest BCUT2D eigenvalue weighted by atomic mass is 9.73. The van der Waals surface area contributed by atoms with E-state index in [4.69, 9.17) is 5.73 Å². The van der Waals surface area contributed by atoms with Gasteiger partial charge in [-0.25, -0.2) is 0 Å². The average Bonchev–Trinajstić information content (AvgIpc) is 3.47. The SMILES string of the molecule is NC(=O)C1(C(=O)N2CCC[C@]3(CCC(=O)N(Cc4ccncc4)C3)C2)CC1. The summed E-state index contributed by atoms with van der Waals surface area (Å²) in [5.41, 5.74) is 5.51. The Balaban J connectivity index is 1.48. The first-order valence-electron chi connectivity index (χ1n) is 9.70. The summed E-state index contributed by atoms with van der Waals surface area (Å²) in [5, 5.41) is 0. The van der Waals surface area contributed by atoms with Gasteiger partial charge < -0.3 is 15.5 Å². The number of rotatable bonds is 4. The fraction of sp³-hybridized carbons (Fsp3) is 0.600. The first-order valence-corrected chi connectivity index (χ1v) is 9.70. The van der Waals surface area contributed by atoms with E-state index in [-0.39, 0.29) is 17.2 Å². The molecule has 7 nitrogen and oxygen atoms in total. The lowest BCUT2D eigenvalue weighted by Gasteiger charge is -2.48. The van der Waals surface area contributed by atoms with Gasteiger partial charge in [-0.15, -0.1) is 0 Å². The third-order valence-corrected chi connectivity index (χ3v) is 6.45. The first kappa shape index (κ1) is 17.9. The van der Waals surface area contributed by atoms with Gasteiger partial charge in [-0.05, 0) is 49.8 Å². The van der Waals surface area contributed by atoms with Gasteiger partial charge in [0.15, 0.2) is 0 Å². The number of primary amides is 1. The van der Waals surface area contributed by atoms with Crippen LogP contribution in [0.25, 0.3) is 0 Å². The van der Waals surface area contributed by atoms with Crippen LogP contribution in [0, 0.1) is 10.8 Å². The van der Waals surface area contributed by atoms with Gasteiger partial charge in [0.25, 0.3) is 0 Å². The second-order valence-corrected chi connectivity index (χ2v) is 8.38. The predicted octanol–water partition coefficient (Wildman–Crippen LogP) is 1.08. The van der Waals surface area contributed by atoms with Crippen molar-refractivity contribution in [3.8, 4) is 0 Å². The highest BCUT2D eigenvalue weighted by Crippen LogP contribution is 2.48. The molecule has 0 aromatic carbocycles. The molecule has 2 saturated heterocycles. The number of nitrogens with two attached hydrogens (primary N) is 1. The molecule has 144 valence electrons. The quantitative estimate of drug-likeness (QED) is 0.802. The highest BCUT2D eigenvalue weighted by Gasteiger charge is 2.58. The number of hydrogen-bond acceptors (Lipinski definition) is 4. The van der Waals surface area contributed by atoms with Crippen molar-refractivity contribution < 1.29 is 14.4 Å². The van der Waals surface area contributed by atoms with Gasteiger partial charge in [-0.2, -0.15) is 0 Å². The number of aromatic nitrogens is 1. The van der Waals surface area contributed by atoms with E-state index in [1.54, 1.807) is 12.4 Å². The highest BCUT2D eigenvalue weighted by molar-refractivity contribution is 6.07. The highest BCUT2D eigenvalue weighted by atomic mass is 16.2. The van der Waals surface area contributed by atoms with Crippen LogP contribution < -0.4 is 5.73 Å². The van der Waals surface area contributed by atoms with Gasteiger partial charge in [0, 0.05) is 50.4 Å². The molecular weight excluding hydrogens is 344 g/mol. The standard InChI is InChI=1S/C20H26N4O3/c21-17(26)20(7-8-20)18(27)23-11-1-5-19(13-23)6-2-16(25)24(14-19)12-15-3-9-22-10-4-15/h3-4,9-10H,1-2,5-8,11-14H2,(H2,21,26)/t19-/m0/s1. The van der Waals surface area contributed by atoms with Crippen LogP contribution in [-0.2, 0) is 20.9 Å². The van der Waals surface area contributed by atoms with E-state index in [1.807, 2.05) is 21.9 Å². The van der Waals surface area contributed by atoms with E-state index in [9.17, 15) is 14.4 Å². The largest absolute Gasteiger partial charge is 0.369 e. The molecule has 27 heavy (non-hydrogen) atoms. The Morgan fingerprint density at radius 2 is 1.85 bits per heavy atom. The molecule has 3 fully saturated rings. The normalized spacial score (nSPS) is 26.9. The fourth-order valence-corrected chi connectivity index (χ4v) is 4.66. The Kier molecular flexibility index (Phi) is 4.40. The lowest BCUT2D eigenvalue weighted by molar-refractivity contribution is -0.149. The minimum absolute atomic E-state index is 0.0808. The molecule has 3 amide bonds. The molecule has 2 N–H and O–H groups in total. The van der Waals surface area contributed by atoms with Crippen LogP contribution in [0.1, 0.15) is 44.1 Å². The zero-order chi connectivity index (χ0) is 19.1. The first-order chi connectivity index (χ1) is 12.9. The van der Waals surface area contributed by atoms with Gasteiger partial charge in [0.2, 0.25) is 17.7 Å². The van der Waals surface area contributed by atoms with Crippen molar-refractivity contribution >= 4 is 17.7 Å². The smallest absolute Gasteiger partial charge is 0.238 e. The Morgan fingerprint density at radius 3 is 2.52 bits per heavy atom. The molecule has 0 bridgehead atoms. The molecular formula is C20H26N4O3. The predicted molar refractivity (Wildman–Crippen MR) is 98.0 cm³/mol. The summed E-state index contributed by atoms with van der Waals surface area (Å²) in [7, 11) is 0. The Hall–Kier alpha value is -2.44. The molecule has 1 aromatic heterocycles. The maximum atomic E-state index is 12.9. The van der Waals surface area contributed by atoms with E-state index in [0.717, 1.165) is 24.8 Å². The fourth-order valence-electron chi connectivity index (χ4n) is 4.66. The minimum Gasteiger partial charge on any atom is -0.369 e. The zero-order valence-electron chi connectivity index (χ0n) is 15.5. The van der Waals surface area contributed by atoms with Crippen molar-refractivity contribution in [1.82, 2.24) is 14.8 Å².